The average molecular weight is 424 g/mol. The summed E-state index contributed by atoms with van der Waals surface area (Å²) >= 11 is 0. The van der Waals surface area contributed by atoms with Crippen LogP contribution in [0.4, 0.5) is 22.0 Å². The van der Waals surface area contributed by atoms with Crippen LogP contribution in [0.2, 0.25) is 0 Å². The predicted octanol–water partition coefficient (Wildman–Crippen LogP) is 7.14. The number of fused-ring (bicyclic) bond motifs is 3. The summed E-state index contributed by atoms with van der Waals surface area (Å²) in [6, 6.07) is 17.3. The fraction of sp³-hybridized carbons (Fsp3) is 0.0417. The van der Waals surface area contributed by atoms with Gasteiger partial charge in [0.05, 0.1) is 40.2 Å². The Morgan fingerprint density at radius 1 is 0.677 bits per heavy atom. The second-order valence-corrected chi connectivity index (χ2v) is 7.05. The molecule has 0 saturated heterocycles. The van der Waals surface area contributed by atoms with E-state index in [0.29, 0.717) is 11.0 Å². The number of hydrogen-bond donors (Lipinski definition) is 0. The van der Waals surface area contributed by atoms with Gasteiger partial charge in [0.25, 0.3) is 0 Å². The van der Waals surface area contributed by atoms with E-state index >= 15 is 0 Å². The molecule has 0 bridgehead atoms. The first-order valence-electron chi connectivity index (χ1n) is 9.36. The van der Waals surface area contributed by atoms with E-state index in [1.54, 1.807) is 48.5 Å². The minimum absolute atomic E-state index is 0.210. The second kappa shape index (κ2) is 6.91. The maximum atomic E-state index is 14.6. The largest absolute Gasteiger partial charge is 0.418 e. The molecule has 2 nitrogen and oxygen atoms in total. The lowest BCUT2D eigenvalue weighted by molar-refractivity contribution is -0.137. The van der Waals surface area contributed by atoms with Gasteiger partial charge in [-0.2, -0.15) is 13.2 Å². The van der Waals surface area contributed by atoms with E-state index in [0.717, 1.165) is 35.3 Å². The Morgan fingerprint density at radius 3 is 1.77 bits per heavy atom. The number of hydrogen-bond acceptors (Lipinski definition) is 1. The van der Waals surface area contributed by atoms with E-state index in [1.165, 1.54) is 10.6 Å². The maximum Gasteiger partial charge on any atom is 0.418 e. The molecule has 0 radical (unpaired) electrons. The second-order valence-electron chi connectivity index (χ2n) is 7.05. The number of rotatable bonds is 2. The van der Waals surface area contributed by atoms with Gasteiger partial charge in [0, 0.05) is 16.3 Å². The summed E-state index contributed by atoms with van der Waals surface area (Å²) in [5.41, 5.74) is -1.10. The van der Waals surface area contributed by atoms with Gasteiger partial charge in [-0.25, -0.2) is 8.78 Å². The van der Waals surface area contributed by atoms with Crippen LogP contribution >= 0.6 is 0 Å². The minimum atomic E-state index is -4.75. The Morgan fingerprint density at radius 2 is 1.23 bits per heavy atom. The van der Waals surface area contributed by atoms with E-state index in [-0.39, 0.29) is 11.3 Å². The topological polar surface area (TPSA) is 17.8 Å². The molecule has 31 heavy (non-hydrogen) atoms. The van der Waals surface area contributed by atoms with Gasteiger partial charge in [-0.05, 0) is 18.2 Å². The zero-order valence-corrected chi connectivity index (χ0v) is 15.8. The van der Waals surface area contributed by atoms with Gasteiger partial charge in [-0.1, -0.05) is 48.5 Å². The Hall–Kier alpha value is -3.74. The average Bonchev–Trinajstić information content (AvgIpc) is 3.07. The van der Waals surface area contributed by atoms with Crippen molar-refractivity contribution >= 4 is 21.8 Å². The molecule has 0 unspecified atom stereocenters. The number of nitrogens with zero attached hydrogens (tertiary/aromatic N) is 2. The smallest absolute Gasteiger partial charge is 0.308 e. The summed E-state index contributed by atoms with van der Waals surface area (Å²) in [5.74, 6) is -2.08. The zero-order chi connectivity index (χ0) is 21.8. The Balaban J connectivity index is 2.02. The Kier molecular flexibility index (Phi) is 4.28. The summed E-state index contributed by atoms with van der Waals surface area (Å²) in [6.07, 6.45) is -3.18. The summed E-state index contributed by atoms with van der Waals surface area (Å²) in [4.78, 5) is 3.45. The molecule has 3 aromatic carbocycles. The van der Waals surface area contributed by atoms with Crippen molar-refractivity contribution in [2.45, 2.75) is 6.18 Å². The summed E-state index contributed by atoms with van der Waals surface area (Å²) in [6.45, 7) is 0. The van der Waals surface area contributed by atoms with Crippen molar-refractivity contribution in [3.8, 4) is 16.8 Å². The van der Waals surface area contributed by atoms with Crippen molar-refractivity contribution < 1.29 is 22.0 Å². The summed E-state index contributed by atoms with van der Waals surface area (Å²) < 4.78 is 73.0. The van der Waals surface area contributed by atoms with E-state index < -0.39 is 28.9 Å². The highest BCUT2D eigenvalue weighted by Gasteiger charge is 2.36. The maximum absolute atomic E-state index is 14.6. The third-order valence-electron chi connectivity index (χ3n) is 5.27. The van der Waals surface area contributed by atoms with Crippen molar-refractivity contribution in [2.75, 3.05) is 0 Å². The van der Waals surface area contributed by atoms with Crippen molar-refractivity contribution in [1.82, 2.24) is 9.55 Å². The summed E-state index contributed by atoms with van der Waals surface area (Å²) in [7, 11) is 0. The molecule has 0 amide bonds. The fourth-order valence-corrected chi connectivity index (χ4v) is 4.05. The lowest BCUT2D eigenvalue weighted by atomic mass is 9.99. The monoisotopic (exact) mass is 424 g/mol. The van der Waals surface area contributed by atoms with Crippen molar-refractivity contribution in [2.24, 2.45) is 0 Å². The number of benzene rings is 3. The number of aromatic nitrogens is 2. The molecule has 0 aliphatic heterocycles. The van der Waals surface area contributed by atoms with E-state index in [4.69, 9.17) is 0 Å². The van der Waals surface area contributed by atoms with Crippen LogP contribution in [-0.4, -0.2) is 9.55 Å². The molecular weight excluding hydrogens is 411 g/mol. The number of alkyl halides is 3. The van der Waals surface area contributed by atoms with Gasteiger partial charge in [0.1, 0.15) is 0 Å². The number of halogens is 5. The summed E-state index contributed by atoms with van der Waals surface area (Å²) in [5, 5.41) is 1.47. The lowest BCUT2D eigenvalue weighted by Crippen LogP contribution is -2.12. The SMILES string of the molecule is Fc1cncc(F)c1-c1cccc(C(F)(F)F)c1-n1c2ccccc2c2ccccc21. The van der Waals surface area contributed by atoms with Gasteiger partial charge in [0.15, 0.2) is 11.6 Å². The van der Waals surface area contributed by atoms with Gasteiger partial charge in [-0.3, -0.25) is 4.98 Å². The van der Waals surface area contributed by atoms with Gasteiger partial charge < -0.3 is 4.57 Å². The molecule has 2 aromatic heterocycles. The van der Waals surface area contributed by atoms with Crippen molar-refractivity contribution in [1.29, 1.82) is 0 Å². The third-order valence-corrected chi connectivity index (χ3v) is 5.27. The highest BCUT2D eigenvalue weighted by atomic mass is 19.4. The van der Waals surface area contributed by atoms with Crippen LogP contribution in [0.15, 0.2) is 79.1 Å². The Bertz CT molecular complexity index is 1380. The van der Waals surface area contributed by atoms with Crippen LogP contribution < -0.4 is 0 Å². The highest BCUT2D eigenvalue weighted by Crippen LogP contribution is 2.43. The fourth-order valence-electron chi connectivity index (χ4n) is 4.05. The Labute approximate surface area is 173 Å². The standard InChI is InChI=1S/C24H13F5N2/c25-18-12-30-13-19(26)22(18)16-8-5-9-17(24(27,28)29)23(16)31-20-10-3-1-6-14(20)15-7-2-4-11-21(15)31/h1-13H. The molecule has 0 aliphatic carbocycles. The van der Waals surface area contributed by atoms with E-state index in [2.05, 4.69) is 4.98 Å². The van der Waals surface area contributed by atoms with Crippen molar-refractivity contribution in [3.63, 3.8) is 0 Å². The van der Waals surface area contributed by atoms with Crippen LogP contribution in [0.5, 0.6) is 0 Å². The molecular formula is C24H13F5N2. The van der Waals surface area contributed by atoms with Gasteiger partial charge >= 0.3 is 6.18 Å². The first-order chi connectivity index (χ1) is 14.9. The van der Waals surface area contributed by atoms with Crippen molar-refractivity contribution in [3.05, 3.63) is 96.3 Å². The van der Waals surface area contributed by atoms with Crippen LogP contribution in [-0.2, 0) is 6.18 Å². The van der Waals surface area contributed by atoms with Crippen LogP contribution in [0.25, 0.3) is 38.6 Å². The van der Waals surface area contributed by atoms with E-state index in [9.17, 15) is 22.0 Å². The van der Waals surface area contributed by atoms with Gasteiger partial charge in [-0.15, -0.1) is 0 Å². The lowest BCUT2D eigenvalue weighted by Gasteiger charge is -2.20. The number of pyridine rings is 1. The molecule has 154 valence electrons. The van der Waals surface area contributed by atoms with E-state index in [1.807, 2.05) is 0 Å². The molecule has 0 N–H and O–H groups in total. The molecule has 5 aromatic rings. The first-order valence-corrected chi connectivity index (χ1v) is 9.36. The molecule has 5 rings (SSSR count). The minimum Gasteiger partial charge on any atom is -0.308 e. The van der Waals surface area contributed by atoms with Crippen LogP contribution in [0, 0.1) is 11.6 Å². The van der Waals surface area contributed by atoms with Gasteiger partial charge in [0.2, 0.25) is 0 Å². The molecule has 0 atom stereocenters. The normalized spacial score (nSPS) is 12.0. The molecule has 2 heterocycles. The quantitative estimate of drug-likeness (QED) is 0.275. The molecule has 0 saturated carbocycles. The number of para-hydroxylation sites is 3. The molecule has 7 heteroatoms. The molecule has 0 spiro atoms. The van der Waals surface area contributed by atoms with Crippen LogP contribution in [0.1, 0.15) is 5.56 Å². The van der Waals surface area contributed by atoms with Crippen LogP contribution in [0.3, 0.4) is 0 Å². The highest BCUT2D eigenvalue weighted by molar-refractivity contribution is 6.09. The first kappa shape index (κ1) is 19.2. The predicted molar refractivity (Wildman–Crippen MR) is 109 cm³/mol. The molecule has 0 fully saturated rings. The molecule has 0 aliphatic rings. The zero-order valence-electron chi connectivity index (χ0n) is 15.8. The third kappa shape index (κ3) is 2.96.